The number of amides is 2. The van der Waals surface area contributed by atoms with E-state index in [4.69, 9.17) is 21.7 Å². The Morgan fingerprint density at radius 1 is 0.917 bits per heavy atom. The third kappa shape index (κ3) is 8.96. The molecule has 2 amide bonds. The number of hydrogen-bond donors (Lipinski definition) is 6. The van der Waals surface area contributed by atoms with Crippen LogP contribution in [0.25, 0.3) is 0 Å². The van der Waals surface area contributed by atoms with E-state index in [0.717, 1.165) is 21.6 Å². The Labute approximate surface area is 146 Å². The summed E-state index contributed by atoms with van der Waals surface area (Å²) in [5.74, 6) is -3.48. The summed E-state index contributed by atoms with van der Waals surface area (Å²) in [5, 5.41) is 22.4. The van der Waals surface area contributed by atoms with Gasteiger partial charge in [-0.15, -0.1) is 0 Å². The second-order valence-electron chi connectivity index (χ2n) is 4.93. The van der Waals surface area contributed by atoms with E-state index in [0.29, 0.717) is 0 Å². The van der Waals surface area contributed by atoms with Crippen LogP contribution < -0.4 is 22.1 Å². The molecular formula is C12H22N4O6S2. The lowest BCUT2D eigenvalue weighted by atomic mass is 10.2. The zero-order valence-corrected chi connectivity index (χ0v) is 14.9. The van der Waals surface area contributed by atoms with Crippen molar-refractivity contribution in [2.24, 2.45) is 11.5 Å². The average molecular weight is 382 g/mol. The minimum atomic E-state index is -1.25. The van der Waals surface area contributed by atoms with Crippen LogP contribution in [-0.4, -0.2) is 69.6 Å². The summed E-state index contributed by atoms with van der Waals surface area (Å²) in [6, 6.07) is -3.97. The van der Waals surface area contributed by atoms with E-state index in [-0.39, 0.29) is 11.5 Å². The van der Waals surface area contributed by atoms with Crippen LogP contribution in [0.5, 0.6) is 0 Å². The summed E-state index contributed by atoms with van der Waals surface area (Å²) < 4.78 is 0. The summed E-state index contributed by atoms with van der Waals surface area (Å²) >= 11 is 0. The molecule has 4 atom stereocenters. The van der Waals surface area contributed by atoms with Crippen LogP contribution in [0.4, 0.5) is 0 Å². The Hall–Kier alpha value is -1.50. The fourth-order valence-electron chi connectivity index (χ4n) is 1.19. The van der Waals surface area contributed by atoms with Crippen LogP contribution in [0.3, 0.4) is 0 Å². The van der Waals surface area contributed by atoms with E-state index in [2.05, 4.69) is 10.6 Å². The molecule has 0 radical (unpaired) electrons. The van der Waals surface area contributed by atoms with Gasteiger partial charge in [-0.2, -0.15) is 0 Å². The Balaban J connectivity index is 4.37. The number of aliphatic carboxylic acids is 2. The molecule has 0 aromatic rings. The number of nitrogens with two attached hydrogens (primary N) is 2. The van der Waals surface area contributed by atoms with Crippen LogP contribution in [0, 0.1) is 0 Å². The van der Waals surface area contributed by atoms with Crippen molar-refractivity contribution in [1.82, 2.24) is 10.6 Å². The van der Waals surface area contributed by atoms with Gasteiger partial charge in [0.15, 0.2) is 0 Å². The molecule has 138 valence electrons. The first-order chi connectivity index (χ1) is 11.1. The van der Waals surface area contributed by atoms with Crippen molar-refractivity contribution in [2.45, 2.75) is 38.0 Å². The van der Waals surface area contributed by atoms with Crippen LogP contribution in [0.2, 0.25) is 0 Å². The van der Waals surface area contributed by atoms with E-state index in [1.807, 2.05) is 0 Å². The molecule has 1 unspecified atom stereocenters. The highest BCUT2D eigenvalue weighted by Crippen LogP contribution is 2.22. The van der Waals surface area contributed by atoms with Crippen molar-refractivity contribution in [3.63, 3.8) is 0 Å². The second-order valence-corrected chi connectivity index (χ2v) is 7.48. The fraction of sp³-hybridized carbons (Fsp3) is 0.667. The molecule has 0 aliphatic heterocycles. The average Bonchev–Trinajstić information content (AvgIpc) is 2.48. The highest BCUT2D eigenvalue weighted by molar-refractivity contribution is 8.76. The van der Waals surface area contributed by atoms with Crippen molar-refractivity contribution >= 4 is 45.3 Å². The summed E-state index contributed by atoms with van der Waals surface area (Å²) in [6.07, 6.45) is 0. The smallest absolute Gasteiger partial charge is 0.327 e. The minimum Gasteiger partial charge on any atom is -0.480 e. The first kappa shape index (κ1) is 22.5. The number of carboxylic acid groups (broad SMARTS) is 2. The predicted octanol–water partition coefficient (Wildman–Crippen LogP) is -1.80. The summed E-state index contributed by atoms with van der Waals surface area (Å²) in [6.45, 7) is 2.86. The lowest BCUT2D eigenvalue weighted by Crippen LogP contribution is -2.53. The van der Waals surface area contributed by atoms with Crippen LogP contribution in [-0.2, 0) is 19.2 Å². The highest BCUT2D eigenvalue weighted by atomic mass is 33.1. The lowest BCUT2D eigenvalue weighted by Gasteiger charge is -2.19. The molecule has 0 saturated carbocycles. The molecule has 0 fully saturated rings. The van der Waals surface area contributed by atoms with E-state index in [1.54, 1.807) is 0 Å². The van der Waals surface area contributed by atoms with Crippen molar-refractivity contribution < 1.29 is 29.4 Å². The fourth-order valence-corrected chi connectivity index (χ4v) is 3.46. The first-order valence-corrected chi connectivity index (χ1v) is 9.37. The van der Waals surface area contributed by atoms with Gasteiger partial charge in [-0.25, -0.2) is 4.79 Å². The van der Waals surface area contributed by atoms with Crippen LogP contribution >= 0.6 is 21.6 Å². The van der Waals surface area contributed by atoms with Gasteiger partial charge in [0, 0.05) is 11.5 Å². The molecule has 0 aliphatic rings. The molecule has 0 aromatic carbocycles. The SMILES string of the molecule is C[C@H](N)C(=O)N[C@@H](C)C(=O)N[C@@H](CSSCC(N)C(=O)O)C(=O)O. The number of carboxylic acids is 2. The monoisotopic (exact) mass is 382 g/mol. The highest BCUT2D eigenvalue weighted by Gasteiger charge is 2.24. The van der Waals surface area contributed by atoms with Crippen LogP contribution in [0.15, 0.2) is 0 Å². The second kappa shape index (κ2) is 11.1. The normalized spacial score (nSPS) is 15.7. The Bertz CT molecular complexity index is 476. The Kier molecular flexibility index (Phi) is 10.4. The molecule has 0 aromatic heterocycles. The zero-order chi connectivity index (χ0) is 18.9. The van der Waals surface area contributed by atoms with Gasteiger partial charge < -0.3 is 32.3 Å². The molecule has 0 spiro atoms. The molecular weight excluding hydrogens is 360 g/mol. The molecule has 0 bridgehead atoms. The minimum absolute atomic E-state index is 0.00599. The molecule has 0 saturated heterocycles. The maximum absolute atomic E-state index is 11.9. The van der Waals surface area contributed by atoms with Gasteiger partial charge in [-0.1, -0.05) is 21.6 Å². The molecule has 0 heterocycles. The number of carbonyl (C=O) groups excluding carboxylic acids is 2. The maximum atomic E-state index is 11.9. The van der Waals surface area contributed by atoms with Crippen LogP contribution in [0.1, 0.15) is 13.8 Å². The molecule has 0 aliphatic carbocycles. The van der Waals surface area contributed by atoms with Crippen molar-refractivity contribution in [3.8, 4) is 0 Å². The third-order valence-corrected chi connectivity index (χ3v) is 5.11. The van der Waals surface area contributed by atoms with Crippen molar-refractivity contribution in [2.75, 3.05) is 11.5 Å². The quantitative estimate of drug-likeness (QED) is 0.176. The van der Waals surface area contributed by atoms with Crippen molar-refractivity contribution in [3.05, 3.63) is 0 Å². The van der Waals surface area contributed by atoms with Gasteiger partial charge in [0.05, 0.1) is 6.04 Å². The third-order valence-electron chi connectivity index (χ3n) is 2.66. The summed E-state index contributed by atoms with van der Waals surface area (Å²) in [4.78, 5) is 45.0. The topological polar surface area (TPSA) is 185 Å². The van der Waals surface area contributed by atoms with Gasteiger partial charge in [0.25, 0.3) is 0 Å². The zero-order valence-electron chi connectivity index (χ0n) is 13.2. The number of hydrogen-bond acceptors (Lipinski definition) is 8. The Morgan fingerprint density at radius 2 is 1.46 bits per heavy atom. The predicted molar refractivity (Wildman–Crippen MR) is 91.3 cm³/mol. The van der Waals surface area contributed by atoms with Gasteiger partial charge in [0.1, 0.15) is 18.1 Å². The number of rotatable bonds is 11. The molecule has 12 heteroatoms. The van der Waals surface area contributed by atoms with E-state index >= 15 is 0 Å². The largest absolute Gasteiger partial charge is 0.480 e. The first-order valence-electron chi connectivity index (χ1n) is 6.88. The molecule has 8 N–H and O–H groups in total. The van der Waals surface area contributed by atoms with Gasteiger partial charge >= 0.3 is 11.9 Å². The maximum Gasteiger partial charge on any atom is 0.327 e. The van der Waals surface area contributed by atoms with Crippen molar-refractivity contribution in [1.29, 1.82) is 0 Å². The lowest BCUT2D eigenvalue weighted by molar-refractivity contribution is -0.141. The molecule has 10 nitrogen and oxygen atoms in total. The van der Waals surface area contributed by atoms with E-state index < -0.39 is 47.9 Å². The Morgan fingerprint density at radius 3 is 1.92 bits per heavy atom. The molecule has 0 rings (SSSR count). The number of carbonyl (C=O) groups is 4. The summed E-state index contributed by atoms with van der Waals surface area (Å²) in [7, 11) is 2.17. The number of nitrogens with one attached hydrogen (secondary N) is 2. The molecule has 24 heavy (non-hydrogen) atoms. The van der Waals surface area contributed by atoms with Gasteiger partial charge in [0.2, 0.25) is 11.8 Å². The van der Waals surface area contributed by atoms with Gasteiger partial charge in [-0.3, -0.25) is 14.4 Å². The van der Waals surface area contributed by atoms with Gasteiger partial charge in [-0.05, 0) is 13.8 Å². The summed E-state index contributed by atoms with van der Waals surface area (Å²) in [5.41, 5.74) is 10.7. The van der Waals surface area contributed by atoms with E-state index in [9.17, 15) is 19.2 Å². The standard InChI is InChI=1S/C12H22N4O6S2/c1-5(13)9(17)15-6(2)10(18)16-8(12(21)22)4-24-23-3-7(14)11(19)20/h5-8H,3-4,13-14H2,1-2H3,(H,15,17)(H,16,18)(H,19,20)(H,21,22)/t5-,6-,7?,8-/m0/s1. The van der Waals surface area contributed by atoms with E-state index in [1.165, 1.54) is 13.8 Å².